The second kappa shape index (κ2) is 4.85. The summed E-state index contributed by atoms with van der Waals surface area (Å²) in [7, 11) is 0. The smallest absolute Gasteiger partial charge is 0.206 e. The molecule has 1 nitrogen and oxygen atoms in total. The topological polar surface area (TPSA) is 17.1 Å². The third-order valence-corrected chi connectivity index (χ3v) is 4.27. The summed E-state index contributed by atoms with van der Waals surface area (Å²) in [5, 5.41) is 0. The molecule has 0 saturated heterocycles. The number of ketones is 1. The van der Waals surface area contributed by atoms with Crippen LogP contribution in [0.1, 0.15) is 40.9 Å². The highest BCUT2D eigenvalue weighted by molar-refractivity contribution is 7.14. The van der Waals surface area contributed by atoms with Gasteiger partial charge in [-0.25, -0.2) is 8.78 Å². The van der Waals surface area contributed by atoms with Crippen molar-refractivity contribution in [3.05, 3.63) is 57.3 Å². The van der Waals surface area contributed by atoms with E-state index in [1.54, 1.807) is 6.07 Å². The predicted molar refractivity (Wildman–Crippen MR) is 72.8 cm³/mol. The van der Waals surface area contributed by atoms with Gasteiger partial charge in [-0.3, -0.25) is 4.79 Å². The van der Waals surface area contributed by atoms with Crippen LogP contribution in [0.25, 0.3) is 0 Å². The summed E-state index contributed by atoms with van der Waals surface area (Å²) in [5.74, 6) is -2.56. The minimum atomic E-state index is -1.08. The zero-order chi connectivity index (χ0) is 14.2. The molecule has 0 bridgehead atoms. The van der Waals surface area contributed by atoms with Gasteiger partial charge in [-0.1, -0.05) is 26.8 Å². The van der Waals surface area contributed by atoms with Gasteiger partial charge in [-0.15, -0.1) is 11.3 Å². The molecule has 0 saturated carbocycles. The van der Waals surface area contributed by atoms with Crippen molar-refractivity contribution in [2.75, 3.05) is 0 Å². The van der Waals surface area contributed by atoms with Gasteiger partial charge in [0.2, 0.25) is 5.78 Å². The Morgan fingerprint density at radius 3 is 2.37 bits per heavy atom. The Labute approximate surface area is 114 Å². The summed E-state index contributed by atoms with van der Waals surface area (Å²) >= 11 is 1.32. The second-order valence-corrected chi connectivity index (χ2v) is 6.43. The Bertz CT molecular complexity index is 623. The molecule has 0 aliphatic heterocycles. The van der Waals surface area contributed by atoms with E-state index in [0.29, 0.717) is 4.88 Å². The van der Waals surface area contributed by atoms with Crippen LogP contribution in [0.15, 0.2) is 30.3 Å². The summed E-state index contributed by atoms with van der Waals surface area (Å²) in [4.78, 5) is 13.6. The van der Waals surface area contributed by atoms with Crippen molar-refractivity contribution in [2.24, 2.45) is 0 Å². The van der Waals surface area contributed by atoms with Gasteiger partial charge >= 0.3 is 0 Å². The lowest BCUT2D eigenvalue weighted by atomic mass is 9.95. The van der Waals surface area contributed by atoms with Crippen LogP contribution in [0.5, 0.6) is 0 Å². The van der Waals surface area contributed by atoms with E-state index >= 15 is 0 Å². The Kier molecular flexibility index (Phi) is 3.54. The fourth-order valence-corrected chi connectivity index (χ4v) is 2.69. The number of carbonyl (C=O) groups excluding carboxylic acids is 1. The first-order chi connectivity index (χ1) is 8.80. The van der Waals surface area contributed by atoms with E-state index in [2.05, 4.69) is 0 Å². The highest BCUT2D eigenvalue weighted by Crippen LogP contribution is 2.31. The SMILES string of the molecule is CC(C)(C)c1ccc(C(=O)c2cccc(F)c2F)s1. The maximum Gasteiger partial charge on any atom is 0.206 e. The lowest BCUT2D eigenvalue weighted by Gasteiger charge is -2.15. The van der Waals surface area contributed by atoms with Crippen LogP contribution in [-0.4, -0.2) is 5.78 Å². The first-order valence-electron chi connectivity index (χ1n) is 5.90. The number of hydrogen-bond donors (Lipinski definition) is 0. The molecule has 0 unspecified atom stereocenters. The average molecular weight is 280 g/mol. The van der Waals surface area contributed by atoms with Crippen LogP contribution in [-0.2, 0) is 5.41 Å². The van der Waals surface area contributed by atoms with Gasteiger partial charge in [-0.05, 0) is 29.7 Å². The van der Waals surface area contributed by atoms with E-state index in [1.165, 1.54) is 23.5 Å². The fourth-order valence-electron chi connectivity index (χ4n) is 1.67. The Morgan fingerprint density at radius 2 is 1.79 bits per heavy atom. The van der Waals surface area contributed by atoms with Crippen molar-refractivity contribution in [2.45, 2.75) is 26.2 Å². The van der Waals surface area contributed by atoms with Crippen LogP contribution in [0.3, 0.4) is 0 Å². The average Bonchev–Trinajstić information content (AvgIpc) is 2.81. The van der Waals surface area contributed by atoms with E-state index in [9.17, 15) is 13.6 Å². The van der Waals surface area contributed by atoms with Gasteiger partial charge in [0.25, 0.3) is 0 Å². The van der Waals surface area contributed by atoms with Gasteiger partial charge in [0, 0.05) is 4.88 Å². The zero-order valence-corrected chi connectivity index (χ0v) is 11.8. The second-order valence-electron chi connectivity index (χ2n) is 5.34. The molecule has 100 valence electrons. The third kappa shape index (κ3) is 2.73. The van der Waals surface area contributed by atoms with Gasteiger partial charge in [0.05, 0.1) is 10.4 Å². The molecule has 4 heteroatoms. The maximum atomic E-state index is 13.6. The molecule has 1 aromatic heterocycles. The molecular weight excluding hydrogens is 266 g/mol. The fraction of sp³-hybridized carbons (Fsp3) is 0.267. The molecule has 1 heterocycles. The highest BCUT2D eigenvalue weighted by Gasteiger charge is 2.21. The Balaban J connectivity index is 2.40. The Morgan fingerprint density at radius 1 is 1.11 bits per heavy atom. The number of benzene rings is 1. The molecule has 2 rings (SSSR count). The van der Waals surface area contributed by atoms with Crippen molar-refractivity contribution in [3.8, 4) is 0 Å². The molecule has 0 fully saturated rings. The van der Waals surface area contributed by atoms with Gasteiger partial charge < -0.3 is 0 Å². The van der Waals surface area contributed by atoms with E-state index < -0.39 is 17.4 Å². The molecular formula is C15H14F2OS. The van der Waals surface area contributed by atoms with Crippen LogP contribution in [0.2, 0.25) is 0 Å². The van der Waals surface area contributed by atoms with Gasteiger partial charge in [-0.2, -0.15) is 0 Å². The summed E-state index contributed by atoms with van der Waals surface area (Å²) in [6.07, 6.45) is 0. The van der Waals surface area contributed by atoms with Crippen LogP contribution >= 0.6 is 11.3 Å². The van der Waals surface area contributed by atoms with E-state index in [1.807, 2.05) is 26.8 Å². The minimum Gasteiger partial charge on any atom is -0.288 e. The van der Waals surface area contributed by atoms with Crippen molar-refractivity contribution in [3.63, 3.8) is 0 Å². The lowest BCUT2D eigenvalue weighted by molar-refractivity contribution is 0.103. The number of carbonyl (C=O) groups is 1. The number of thiophene rings is 1. The molecule has 0 aliphatic rings. The maximum absolute atomic E-state index is 13.6. The van der Waals surface area contributed by atoms with Crippen LogP contribution in [0.4, 0.5) is 8.78 Å². The van der Waals surface area contributed by atoms with E-state index in [-0.39, 0.29) is 11.0 Å². The molecule has 1 aromatic carbocycles. The molecule has 19 heavy (non-hydrogen) atoms. The molecule has 0 atom stereocenters. The molecule has 0 amide bonds. The minimum absolute atomic E-state index is 0.0658. The van der Waals surface area contributed by atoms with Crippen LogP contribution in [0, 0.1) is 11.6 Å². The van der Waals surface area contributed by atoms with Gasteiger partial charge in [0.1, 0.15) is 0 Å². The summed E-state index contributed by atoms with van der Waals surface area (Å²) in [6, 6.07) is 7.16. The largest absolute Gasteiger partial charge is 0.288 e. The molecule has 0 N–H and O–H groups in total. The summed E-state index contributed by atoms with van der Waals surface area (Å²) in [5.41, 5.74) is -0.286. The Hall–Kier alpha value is -1.55. The van der Waals surface area contributed by atoms with Crippen molar-refractivity contribution >= 4 is 17.1 Å². The number of rotatable bonds is 2. The quantitative estimate of drug-likeness (QED) is 0.737. The van der Waals surface area contributed by atoms with E-state index in [4.69, 9.17) is 0 Å². The molecule has 0 aliphatic carbocycles. The predicted octanol–water partition coefficient (Wildman–Crippen LogP) is 4.55. The number of hydrogen-bond acceptors (Lipinski definition) is 2. The number of halogens is 2. The van der Waals surface area contributed by atoms with Crippen LogP contribution < -0.4 is 0 Å². The zero-order valence-electron chi connectivity index (χ0n) is 11.0. The summed E-state index contributed by atoms with van der Waals surface area (Å²) in [6.45, 7) is 6.11. The highest BCUT2D eigenvalue weighted by atomic mass is 32.1. The monoisotopic (exact) mass is 280 g/mol. The lowest BCUT2D eigenvalue weighted by Crippen LogP contribution is -2.08. The molecule has 0 spiro atoms. The standard InChI is InChI=1S/C15H14F2OS/c1-15(2,3)12-8-7-11(19-12)14(18)9-5-4-6-10(16)13(9)17/h4-8H,1-3H3. The third-order valence-electron chi connectivity index (χ3n) is 2.77. The molecule has 0 radical (unpaired) electrons. The van der Waals surface area contributed by atoms with Crippen molar-refractivity contribution in [1.82, 2.24) is 0 Å². The summed E-state index contributed by atoms with van der Waals surface area (Å²) < 4.78 is 26.7. The first kappa shape index (κ1) is 13.9. The molecule has 2 aromatic rings. The first-order valence-corrected chi connectivity index (χ1v) is 6.71. The van der Waals surface area contributed by atoms with Crippen molar-refractivity contribution in [1.29, 1.82) is 0 Å². The van der Waals surface area contributed by atoms with Gasteiger partial charge in [0.15, 0.2) is 11.6 Å². The normalized spacial score (nSPS) is 11.6. The van der Waals surface area contributed by atoms with E-state index in [0.717, 1.165) is 10.9 Å². The van der Waals surface area contributed by atoms with Crippen molar-refractivity contribution < 1.29 is 13.6 Å².